The van der Waals surface area contributed by atoms with Crippen molar-refractivity contribution >= 4 is 29.1 Å². The Kier molecular flexibility index (Phi) is 6.38. The Bertz CT molecular complexity index is 989. The molecule has 3 aromatic rings. The van der Waals surface area contributed by atoms with Crippen LogP contribution in [0.5, 0.6) is 5.75 Å². The summed E-state index contributed by atoms with van der Waals surface area (Å²) in [4.78, 5) is 23.7. The lowest BCUT2D eigenvalue weighted by Gasteiger charge is -2.10. The first-order valence-electron chi connectivity index (χ1n) is 8.62. The van der Waals surface area contributed by atoms with E-state index in [1.165, 1.54) is 18.7 Å². The van der Waals surface area contributed by atoms with Gasteiger partial charge in [-0.25, -0.2) is 0 Å². The first-order chi connectivity index (χ1) is 13.6. The second kappa shape index (κ2) is 9.14. The van der Waals surface area contributed by atoms with E-state index >= 15 is 0 Å². The van der Waals surface area contributed by atoms with E-state index in [4.69, 9.17) is 4.74 Å². The van der Waals surface area contributed by atoms with Gasteiger partial charge in [0, 0.05) is 11.3 Å². The zero-order valence-electron chi connectivity index (χ0n) is 15.5. The lowest BCUT2D eigenvalue weighted by Crippen LogP contribution is -2.15. The van der Waals surface area contributed by atoms with Crippen molar-refractivity contribution in [3.63, 3.8) is 0 Å². The molecule has 9 heteroatoms. The molecular weight excluding hydrogens is 378 g/mol. The number of nitrogens with one attached hydrogen (secondary N) is 1. The number of aromatic nitrogens is 4. The summed E-state index contributed by atoms with van der Waals surface area (Å²) in [5.41, 5.74) is 1.81. The van der Waals surface area contributed by atoms with Gasteiger partial charge in [0.05, 0.1) is 12.4 Å². The number of ether oxygens (including phenoxy) is 1. The van der Waals surface area contributed by atoms with Crippen LogP contribution >= 0.6 is 11.8 Å². The van der Waals surface area contributed by atoms with E-state index in [2.05, 4.69) is 20.8 Å². The van der Waals surface area contributed by atoms with Gasteiger partial charge < -0.3 is 10.1 Å². The van der Waals surface area contributed by atoms with Crippen LogP contribution in [0.25, 0.3) is 5.69 Å². The second-order valence-electron chi connectivity index (χ2n) is 5.75. The number of carbonyl (C=O) groups excluding carboxylic acids is 2. The smallest absolute Gasteiger partial charge is 0.234 e. The van der Waals surface area contributed by atoms with Crippen molar-refractivity contribution in [2.45, 2.75) is 19.0 Å². The number of anilines is 1. The normalized spacial score (nSPS) is 10.5. The fourth-order valence-corrected chi connectivity index (χ4v) is 3.16. The summed E-state index contributed by atoms with van der Waals surface area (Å²) in [5, 5.41) is 15.0. The van der Waals surface area contributed by atoms with Crippen molar-refractivity contribution in [2.75, 3.05) is 17.7 Å². The van der Waals surface area contributed by atoms with Crippen LogP contribution < -0.4 is 10.1 Å². The van der Waals surface area contributed by atoms with Gasteiger partial charge in [0.2, 0.25) is 11.1 Å². The molecule has 0 spiro atoms. The molecule has 2 aromatic carbocycles. The minimum atomic E-state index is -0.224. The van der Waals surface area contributed by atoms with Gasteiger partial charge in [-0.3, -0.25) is 9.59 Å². The van der Waals surface area contributed by atoms with Gasteiger partial charge in [0.25, 0.3) is 0 Å². The van der Waals surface area contributed by atoms with Gasteiger partial charge in [-0.1, -0.05) is 36.0 Å². The Hall–Kier alpha value is -3.20. The molecule has 0 saturated carbocycles. The maximum absolute atomic E-state index is 12.3. The number of nitrogens with zero attached hydrogens (tertiary/aromatic N) is 4. The molecule has 1 amide bonds. The Balaban J connectivity index is 1.68. The molecule has 3 rings (SSSR count). The average Bonchev–Trinajstić information content (AvgIpc) is 3.16. The molecule has 1 aromatic heterocycles. The van der Waals surface area contributed by atoms with E-state index in [1.54, 1.807) is 28.9 Å². The number of thioether (sulfide) groups is 1. The SMILES string of the molecule is CCOc1ccccc1-n1nnnc1SCC(=O)Nc1cccc(C(C)=O)c1. The van der Waals surface area contributed by atoms with Gasteiger partial charge in [-0.2, -0.15) is 4.68 Å². The zero-order chi connectivity index (χ0) is 19.9. The summed E-state index contributed by atoms with van der Waals surface area (Å²) in [5.74, 6) is 0.488. The predicted molar refractivity (Wildman–Crippen MR) is 106 cm³/mol. The predicted octanol–water partition coefficient (Wildman–Crippen LogP) is 2.99. The maximum atomic E-state index is 12.3. The Morgan fingerprint density at radius 1 is 1.18 bits per heavy atom. The minimum Gasteiger partial charge on any atom is -0.492 e. The van der Waals surface area contributed by atoms with Crippen LogP contribution in [0.2, 0.25) is 0 Å². The number of hydrogen-bond donors (Lipinski definition) is 1. The van der Waals surface area contributed by atoms with Gasteiger partial charge in [-0.15, -0.1) is 5.10 Å². The van der Waals surface area contributed by atoms with E-state index in [-0.39, 0.29) is 17.4 Å². The number of rotatable bonds is 8. The molecule has 0 aliphatic carbocycles. The Morgan fingerprint density at radius 2 is 2.00 bits per heavy atom. The molecule has 0 bridgehead atoms. The molecule has 8 nitrogen and oxygen atoms in total. The van der Waals surface area contributed by atoms with E-state index in [0.717, 1.165) is 0 Å². The highest BCUT2D eigenvalue weighted by molar-refractivity contribution is 7.99. The van der Waals surface area contributed by atoms with Crippen LogP contribution in [-0.4, -0.2) is 44.3 Å². The molecule has 0 aliphatic heterocycles. The molecule has 0 saturated heterocycles. The van der Waals surface area contributed by atoms with Crippen LogP contribution in [0.15, 0.2) is 53.7 Å². The third-order valence-corrected chi connectivity index (χ3v) is 4.64. The molecule has 144 valence electrons. The molecule has 1 heterocycles. The molecule has 0 aliphatic rings. The number of para-hydroxylation sites is 2. The van der Waals surface area contributed by atoms with Crippen molar-refractivity contribution < 1.29 is 14.3 Å². The highest BCUT2D eigenvalue weighted by Gasteiger charge is 2.15. The van der Waals surface area contributed by atoms with Crippen LogP contribution in [0.3, 0.4) is 0 Å². The quantitative estimate of drug-likeness (QED) is 0.461. The molecule has 0 fully saturated rings. The van der Waals surface area contributed by atoms with E-state index in [9.17, 15) is 9.59 Å². The zero-order valence-corrected chi connectivity index (χ0v) is 16.3. The average molecular weight is 397 g/mol. The second-order valence-corrected chi connectivity index (χ2v) is 6.69. The molecular formula is C19H19N5O3S. The molecule has 1 N–H and O–H groups in total. The standard InChI is InChI=1S/C19H19N5O3S/c1-3-27-17-10-5-4-9-16(17)24-19(21-22-23-24)28-12-18(26)20-15-8-6-7-14(11-15)13(2)25/h4-11H,3,12H2,1-2H3,(H,20,26). The molecule has 0 unspecified atom stereocenters. The van der Waals surface area contributed by atoms with Crippen LogP contribution in [0.4, 0.5) is 5.69 Å². The number of ketones is 1. The third-order valence-electron chi connectivity index (χ3n) is 3.72. The van der Waals surface area contributed by atoms with Crippen molar-refractivity contribution in [3.05, 3.63) is 54.1 Å². The number of tetrazole rings is 1. The van der Waals surface area contributed by atoms with Crippen LogP contribution in [-0.2, 0) is 4.79 Å². The number of hydrogen-bond acceptors (Lipinski definition) is 7. The van der Waals surface area contributed by atoms with Gasteiger partial charge in [0.15, 0.2) is 5.78 Å². The summed E-state index contributed by atoms with van der Waals surface area (Å²) in [6.45, 7) is 3.90. The number of benzene rings is 2. The number of carbonyl (C=O) groups is 2. The first kappa shape index (κ1) is 19.6. The maximum Gasteiger partial charge on any atom is 0.234 e. The minimum absolute atomic E-state index is 0.0578. The summed E-state index contributed by atoms with van der Waals surface area (Å²) < 4.78 is 7.16. The highest BCUT2D eigenvalue weighted by atomic mass is 32.2. The molecule has 0 radical (unpaired) electrons. The summed E-state index contributed by atoms with van der Waals surface area (Å²) in [6, 6.07) is 14.2. The number of amides is 1. The van der Waals surface area contributed by atoms with Crippen molar-refractivity contribution in [3.8, 4) is 11.4 Å². The molecule has 0 atom stereocenters. The fraction of sp³-hybridized carbons (Fsp3) is 0.211. The van der Waals surface area contributed by atoms with E-state index in [1.807, 2.05) is 31.2 Å². The molecule has 28 heavy (non-hydrogen) atoms. The monoisotopic (exact) mass is 397 g/mol. The summed E-state index contributed by atoms with van der Waals surface area (Å²) in [6.07, 6.45) is 0. The fourth-order valence-electron chi connectivity index (χ4n) is 2.47. The van der Waals surface area contributed by atoms with Crippen LogP contribution in [0.1, 0.15) is 24.2 Å². The van der Waals surface area contributed by atoms with Gasteiger partial charge in [0.1, 0.15) is 11.4 Å². The third kappa shape index (κ3) is 4.74. The van der Waals surface area contributed by atoms with Crippen molar-refractivity contribution in [1.29, 1.82) is 0 Å². The van der Waals surface area contributed by atoms with Crippen molar-refractivity contribution in [2.24, 2.45) is 0 Å². The first-order valence-corrected chi connectivity index (χ1v) is 9.61. The van der Waals surface area contributed by atoms with Gasteiger partial charge >= 0.3 is 0 Å². The van der Waals surface area contributed by atoms with Gasteiger partial charge in [-0.05, 0) is 48.5 Å². The lowest BCUT2D eigenvalue weighted by atomic mass is 10.1. The largest absolute Gasteiger partial charge is 0.492 e. The Morgan fingerprint density at radius 3 is 2.79 bits per heavy atom. The van der Waals surface area contributed by atoms with E-state index < -0.39 is 0 Å². The Labute approximate surface area is 166 Å². The summed E-state index contributed by atoms with van der Waals surface area (Å²) in [7, 11) is 0. The van der Waals surface area contributed by atoms with Crippen LogP contribution in [0, 0.1) is 0 Å². The summed E-state index contributed by atoms with van der Waals surface area (Å²) >= 11 is 1.21. The lowest BCUT2D eigenvalue weighted by molar-refractivity contribution is -0.113. The van der Waals surface area contributed by atoms with E-state index in [0.29, 0.717) is 34.5 Å². The number of Topliss-reactive ketones (excluding diaryl/α,β-unsaturated/α-hetero) is 1. The van der Waals surface area contributed by atoms with Crippen molar-refractivity contribution in [1.82, 2.24) is 20.2 Å². The highest BCUT2D eigenvalue weighted by Crippen LogP contribution is 2.26. The topological polar surface area (TPSA) is 99.0 Å².